The fourth-order valence-electron chi connectivity index (χ4n) is 4.73. The first-order valence-electron chi connectivity index (χ1n) is 13.1. The average Bonchev–Trinajstić information content (AvgIpc) is 3.00. The molecule has 4 aromatic rings. The van der Waals surface area contributed by atoms with Crippen LogP contribution in [0.2, 0.25) is 0 Å². The number of carbonyl (C=O) groups excluding carboxylic acids is 2. The third-order valence-corrected chi connectivity index (χ3v) is 6.82. The van der Waals surface area contributed by atoms with E-state index >= 15 is 0 Å². The number of piperidine rings is 1. The van der Waals surface area contributed by atoms with Crippen molar-refractivity contribution in [3.8, 4) is 34.2 Å². The molecule has 1 aliphatic heterocycles. The summed E-state index contributed by atoms with van der Waals surface area (Å²) in [5, 5.41) is 29.9. The number of pyridine rings is 2. The van der Waals surface area contributed by atoms with Gasteiger partial charge in [0, 0.05) is 41.7 Å². The van der Waals surface area contributed by atoms with E-state index in [1.54, 1.807) is 66.9 Å². The van der Waals surface area contributed by atoms with E-state index in [1.165, 1.54) is 12.3 Å². The van der Waals surface area contributed by atoms with Crippen LogP contribution in [0.4, 0.5) is 5.82 Å². The van der Waals surface area contributed by atoms with Crippen molar-refractivity contribution in [2.45, 2.75) is 25.3 Å². The molecule has 1 fully saturated rings. The number of benzene rings is 2. The van der Waals surface area contributed by atoms with Crippen molar-refractivity contribution in [2.24, 2.45) is 0 Å². The van der Waals surface area contributed by atoms with Gasteiger partial charge >= 0.3 is 0 Å². The number of nitrogens with zero attached hydrogens (tertiary/aromatic N) is 3. The Kier molecular flexibility index (Phi) is 8.09. The van der Waals surface area contributed by atoms with Gasteiger partial charge in [-0.25, -0.2) is 4.98 Å². The molecule has 0 bridgehead atoms. The summed E-state index contributed by atoms with van der Waals surface area (Å²) < 4.78 is 0. The van der Waals surface area contributed by atoms with Gasteiger partial charge in [-0.15, -0.1) is 0 Å². The minimum absolute atomic E-state index is 0.000329. The van der Waals surface area contributed by atoms with Crippen LogP contribution >= 0.6 is 0 Å². The second kappa shape index (κ2) is 12.2. The Bertz CT molecular complexity index is 1580. The molecule has 2 aromatic heterocycles. The predicted molar refractivity (Wildman–Crippen MR) is 152 cm³/mol. The molecule has 1 unspecified atom stereocenters. The highest BCUT2D eigenvalue weighted by Gasteiger charge is 2.20. The minimum atomic E-state index is -0.484. The molecule has 1 atom stereocenters. The Balaban J connectivity index is 1.53. The number of amides is 2. The maximum absolute atomic E-state index is 13.0. The molecule has 2 aromatic carbocycles. The number of phenols is 1. The second-order valence-electron chi connectivity index (χ2n) is 9.54. The van der Waals surface area contributed by atoms with Crippen LogP contribution in [0.3, 0.4) is 0 Å². The summed E-state index contributed by atoms with van der Waals surface area (Å²) in [4.78, 5) is 34.5. The van der Waals surface area contributed by atoms with Crippen LogP contribution in [0.15, 0.2) is 79.1 Å². The molecule has 0 aliphatic carbocycles. The molecular formula is C31H28N6O3. The van der Waals surface area contributed by atoms with Crippen LogP contribution in [0, 0.1) is 11.3 Å². The van der Waals surface area contributed by atoms with Gasteiger partial charge in [0.05, 0.1) is 11.3 Å². The number of hydrogen-bond donors (Lipinski definition) is 4. The molecule has 9 heteroatoms. The van der Waals surface area contributed by atoms with E-state index < -0.39 is 5.91 Å². The lowest BCUT2D eigenvalue weighted by molar-refractivity contribution is 0.0947. The Morgan fingerprint density at radius 3 is 2.60 bits per heavy atom. The summed E-state index contributed by atoms with van der Waals surface area (Å²) >= 11 is 0. The summed E-state index contributed by atoms with van der Waals surface area (Å²) in [7, 11) is 0. The van der Waals surface area contributed by atoms with Crippen molar-refractivity contribution in [3.05, 3.63) is 95.8 Å². The molecule has 200 valence electrons. The maximum Gasteiger partial charge on any atom is 0.258 e. The van der Waals surface area contributed by atoms with E-state index in [2.05, 4.69) is 32.0 Å². The first-order chi connectivity index (χ1) is 19.5. The van der Waals surface area contributed by atoms with Crippen LogP contribution in [0.5, 0.6) is 5.75 Å². The highest BCUT2D eigenvalue weighted by molar-refractivity contribution is 6.05. The van der Waals surface area contributed by atoms with Gasteiger partial charge in [-0.1, -0.05) is 30.7 Å². The highest BCUT2D eigenvalue weighted by Crippen LogP contribution is 2.35. The second-order valence-corrected chi connectivity index (χ2v) is 9.54. The standard InChI is InChI=1S/C31H28N6O3/c32-17-26-25(20-7-5-8-21(15-20)30(39)35-19-23-10-3-4-14-34-23)16-27(24-11-1-2-12-28(24)38)36-29(26)37-31(40)22-9-6-13-33-18-22/h1-2,5-9,11-13,15-16,18,23,34,38H,3-4,10,14,19H2,(H,35,39)(H,36,37,40). The SMILES string of the molecule is N#Cc1c(-c2cccc(C(=O)NCC3CCCCN3)c2)cc(-c2ccccc2O)nc1NC(=O)c1cccnc1. The van der Waals surface area contributed by atoms with Gasteiger partial charge < -0.3 is 21.1 Å². The zero-order chi connectivity index (χ0) is 27.9. The molecule has 0 saturated carbocycles. The summed E-state index contributed by atoms with van der Waals surface area (Å²) in [5.41, 5.74) is 2.70. The zero-order valence-electron chi connectivity index (χ0n) is 21.7. The molecule has 0 radical (unpaired) electrons. The van der Waals surface area contributed by atoms with E-state index in [4.69, 9.17) is 0 Å². The third-order valence-electron chi connectivity index (χ3n) is 6.82. The number of anilines is 1. The number of rotatable bonds is 7. The lowest BCUT2D eigenvalue weighted by Crippen LogP contribution is -2.43. The third kappa shape index (κ3) is 5.98. The van der Waals surface area contributed by atoms with Crippen LogP contribution < -0.4 is 16.0 Å². The summed E-state index contributed by atoms with van der Waals surface area (Å²) in [6.45, 7) is 1.48. The van der Waals surface area contributed by atoms with Crippen LogP contribution in [0.1, 0.15) is 45.5 Å². The molecule has 2 amide bonds. The number of hydrogen-bond acceptors (Lipinski definition) is 7. The van der Waals surface area contributed by atoms with Gasteiger partial charge in [0.15, 0.2) is 5.82 Å². The van der Waals surface area contributed by atoms with Crippen LogP contribution in [0.25, 0.3) is 22.4 Å². The van der Waals surface area contributed by atoms with E-state index in [0.29, 0.717) is 40.1 Å². The van der Waals surface area contributed by atoms with Crippen molar-refractivity contribution in [1.29, 1.82) is 5.26 Å². The lowest BCUT2D eigenvalue weighted by Gasteiger charge is -2.23. The van der Waals surface area contributed by atoms with Crippen molar-refractivity contribution < 1.29 is 14.7 Å². The molecule has 9 nitrogen and oxygen atoms in total. The van der Waals surface area contributed by atoms with Gasteiger partial charge in [0.1, 0.15) is 17.4 Å². The van der Waals surface area contributed by atoms with Gasteiger partial charge in [-0.3, -0.25) is 14.6 Å². The Morgan fingerprint density at radius 1 is 1.00 bits per heavy atom. The number of para-hydroxylation sites is 1. The van der Waals surface area contributed by atoms with Crippen molar-refractivity contribution in [2.75, 3.05) is 18.4 Å². The van der Waals surface area contributed by atoms with E-state index in [0.717, 1.165) is 25.8 Å². The molecule has 1 saturated heterocycles. The number of nitriles is 1. The molecule has 5 rings (SSSR count). The normalized spacial score (nSPS) is 14.6. The van der Waals surface area contributed by atoms with Crippen molar-refractivity contribution in [1.82, 2.24) is 20.6 Å². The smallest absolute Gasteiger partial charge is 0.258 e. The quantitative estimate of drug-likeness (QED) is 0.274. The topological polar surface area (TPSA) is 140 Å². The molecule has 3 heterocycles. The van der Waals surface area contributed by atoms with E-state index in [9.17, 15) is 20.0 Å². The zero-order valence-corrected chi connectivity index (χ0v) is 21.7. The van der Waals surface area contributed by atoms with Crippen LogP contribution in [-0.4, -0.2) is 46.0 Å². The average molecular weight is 533 g/mol. The summed E-state index contributed by atoms with van der Waals surface area (Å²) in [6.07, 6.45) is 6.28. The highest BCUT2D eigenvalue weighted by atomic mass is 16.3. The maximum atomic E-state index is 13.0. The first-order valence-corrected chi connectivity index (χ1v) is 13.1. The Hall–Kier alpha value is -5.07. The summed E-state index contributed by atoms with van der Waals surface area (Å²) in [5.74, 6) is -0.667. The Morgan fingerprint density at radius 2 is 1.85 bits per heavy atom. The van der Waals surface area contributed by atoms with E-state index in [-0.39, 0.29) is 29.1 Å². The van der Waals surface area contributed by atoms with Gasteiger partial charge in [-0.2, -0.15) is 5.26 Å². The fraction of sp³-hybridized carbons (Fsp3) is 0.194. The lowest BCUT2D eigenvalue weighted by atomic mass is 9.96. The fourth-order valence-corrected chi connectivity index (χ4v) is 4.73. The largest absolute Gasteiger partial charge is 0.507 e. The predicted octanol–water partition coefficient (Wildman–Crippen LogP) is 4.51. The Labute approximate surface area is 231 Å². The number of aromatic nitrogens is 2. The molecule has 0 spiro atoms. The number of carbonyl (C=O) groups is 2. The first kappa shape index (κ1) is 26.5. The molecule has 40 heavy (non-hydrogen) atoms. The molecular weight excluding hydrogens is 504 g/mol. The van der Waals surface area contributed by atoms with Gasteiger partial charge in [0.2, 0.25) is 0 Å². The van der Waals surface area contributed by atoms with Gasteiger partial charge in [0.25, 0.3) is 11.8 Å². The van der Waals surface area contributed by atoms with Crippen LogP contribution in [-0.2, 0) is 0 Å². The van der Waals surface area contributed by atoms with Crippen molar-refractivity contribution >= 4 is 17.6 Å². The monoisotopic (exact) mass is 532 g/mol. The number of nitrogens with one attached hydrogen (secondary N) is 3. The number of aromatic hydroxyl groups is 1. The minimum Gasteiger partial charge on any atom is -0.507 e. The van der Waals surface area contributed by atoms with E-state index in [1.807, 2.05) is 0 Å². The van der Waals surface area contributed by atoms with Gasteiger partial charge in [-0.05, 0) is 67.4 Å². The summed E-state index contributed by atoms with van der Waals surface area (Å²) in [6, 6.07) is 21.0. The molecule has 1 aliphatic rings. The molecule has 4 N–H and O–H groups in total. The van der Waals surface area contributed by atoms with Crippen molar-refractivity contribution in [3.63, 3.8) is 0 Å². The number of phenolic OH excluding ortho intramolecular Hbond substituents is 1.